The molecule has 3 heteroatoms. The van der Waals surface area contributed by atoms with Gasteiger partial charge in [-0.3, -0.25) is 4.68 Å². The van der Waals surface area contributed by atoms with E-state index in [0.29, 0.717) is 11.5 Å². The Balaban J connectivity index is 1.95. The number of hydrogen-bond donors (Lipinski definition) is 1. The van der Waals surface area contributed by atoms with Crippen LogP contribution in [-0.4, -0.2) is 15.8 Å². The Morgan fingerprint density at radius 2 is 1.95 bits per heavy atom. The third-order valence-electron chi connectivity index (χ3n) is 4.57. The van der Waals surface area contributed by atoms with Gasteiger partial charge in [-0.2, -0.15) is 5.10 Å². The van der Waals surface area contributed by atoms with Crippen LogP contribution in [-0.2, 0) is 7.05 Å². The van der Waals surface area contributed by atoms with Crippen molar-refractivity contribution in [3.8, 4) is 0 Å². The second-order valence-electron chi connectivity index (χ2n) is 7.21. The summed E-state index contributed by atoms with van der Waals surface area (Å²) >= 11 is 0. The summed E-state index contributed by atoms with van der Waals surface area (Å²) in [6.45, 7) is 9.24. The average molecular weight is 263 g/mol. The van der Waals surface area contributed by atoms with E-state index in [2.05, 4.69) is 44.3 Å². The summed E-state index contributed by atoms with van der Waals surface area (Å²) in [5.41, 5.74) is 2.78. The largest absolute Gasteiger partial charge is 0.380 e. The molecule has 1 aromatic rings. The summed E-state index contributed by atoms with van der Waals surface area (Å²) in [6.07, 6.45) is 8.76. The number of nitrogens with one attached hydrogen (secondary N) is 1. The first kappa shape index (κ1) is 14.4. The number of aryl methyl sites for hydroxylation is 2. The predicted molar refractivity (Wildman–Crippen MR) is 81.4 cm³/mol. The van der Waals surface area contributed by atoms with Gasteiger partial charge in [0.25, 0.3) is 0 Å². The Morgan fingerprint density at radius 3 is 2.53 bits per heavy atom. The molecule has 2 unspecified atom stereocenters. The summed E-state index contributed by atoms with van der Waals surface area (Å²) in [5.74, 6) is 0.870. The summed E-state index contributed by atoms with van der Waals surface area (Å²) in [7, 11) is 1.99. The van der Waals surface area contributed by atoms with Gasteiger partial charge in [0.15, 0.2) is 0 Å². The molecule has 0 saturated heterocycles. The van der Waals surface area contributed by atoms with E-state index in [-0.39, 0.29) is 0 Å². The third kappa shape index (κ3) is 3.74. The molecule has 1 saturated carbocycles. The highest BCUT2D eigenvalue weighted by Crippen LogP contribution is 2.37. The van der Waals surface area contributed by atoms with Crippen LogP contribution in [0.2, 0.25) is 0 Å². The second-order valence-corrected chi connectivity index (χ2v) is 7.21. The minimum absolute atomic E-state index is 0.457. The average Bonchev–Trinajstić information content (AvgIpc) is 2.52. The second kappa shape index (κ2) is 5.56. The lowest BCUT2D eigenvalue weighted by Crippen LogP contribution is -2.21. The van der Waals surface area contributed by atoms with Crippen molar-refractivity contribution in [1.82, 2.24) is 9.78 Å². The molecule has 19 heavy (non-hydrogen) atoms. The number of nitrogens with zero attached hydrogens (tertiary/aromatic N) is 2. The van der Waals surface area contributed by atoms with Crippen molar-refractivity contribution < 1.29 is 0 Å². The summed E-state index contributed by atoms with van der Waals surface area (Å²) in [4.78, 5) is 0. The maximum Gasteiger partial charge on any atom is 0.0825 e. The normalized spacial score (nSPS) is 25.1. The van der Waals surface area contributed by atoms with Crippen LogP contribution in [0.1, 0.15) is 58.6 Å². The smallest absolute Gasteiger partial charge is 0.0825 e. The Labute approximate surface area is 117 Å². The quantitative estimate of drug-likeness (QED) is 0.813. The zero-order valence-corrected chi connectivity index (χ0v) is 13.2. The molecule has 108 valence electrons. The van der Waals surface area contributed by atoms with Crippen molar-refractivity contribution in [3.63, 3.8) is 0 Å². The maximum absolute atomic E-state index is 4.41. The van der Waals surface area contributed by atoms with E-state index in [1.165, 1.54) is 37.8 Å². The summed E-state index contributed by atoms with van der Waals surface area (Å²) in [5, 5.41) is 8.11. The van der Waals surface area contributed by atoms with Gasteiger partial charge in [0.2, 0.25) is 0 Å². The van der Waals surface area contributed by atoms with Crippen LogP contribution in [0.15, 0.2) is 6.20 Å². The van der Waals surface area contributed by atoms with Crippen molar-refractivity contribution in [2.75, 3.05) is 5.32 Å². The Morgan fingerprint density at radius 1 is 1.21 bits per heavy atom. The van der Waals surface area contributed by atoms with Gasteiger partial charge in [-0.1, -0.05) is 27.2 Å². The number of anilines is 1. The summed E-state index contributed by atoms with van der Waals surface area (Å²) in [6, 6.07) is 0.621. The molecule has 0 bridgehead atoms. The number of hydrogen-bond acceptors (Lipinski definition) is 2. The molecule has 0 amide bonds. The van der Waals surface area contributed by atoms with Crippen LogP contribution in [0, 0.1) is 18.3 Å². The Hall–Kier alpha value is -0.990. The molecule has 1 aliphatic carbocycles. The van der Waals surface area contributed by atoms with Crippen molar-refractivity contribution >= 4 is 5.69 Å². The van der Waals surface area contributed by atoms with Crippen molar-refractivity contribution in [2.45, 2.75) is 65.8 Å². The highest BCUT2D eigenvalue weighted by molar-refractivity contribution is 5.46. The zero-order valence-electron chi connectivity index (χ0n) is 13.2. The van der Waals surface area contributed by atoms with Gasteiger partial charge < -0.3 is 5.32 Å². The van der Waals surface area contributed by atoms with Gasteiger partial charge in [-0.25, -0.2) is 0 Å². The van der Waals surface area contributed by atoms with Crippen LogP contribution in [0.3, 0.4) is 0 Å². The van der Waals surface area contributed by atoms with Crippen molar-refractivity contribution in [1.29, 1.82) is 0 Å². The monoisotopic (exact) mass is 263 g/mol. The maximum atomic E-state index is 4.41. The highest BCUT2D eigenvalue weighted by Gasteiger charge is 2.27. The highest BCUT2D eigenvalue weighted by atomic mass is 15.3. The molecule has 2 atom stereocenters. The van der Waals surface area contributed by atoms with E-state index in [9.17, 15) is 0 Å². The van der Waals surface area contributed by atoms with Crippen LogP contribution in [0.25, 0.3) is 0 Å². The molecule has 0 aliphatic heterocycles. The minimum atomic E-state index is 0.457. The van der Waals surface area contributed by atoms with Crippen LogP contribution in [0.4, 0.5) is 5.69 Å². The number of aromatic nitrogens is 2. The lowest BCUT2D eigenvalue weighted by molar-refractivity contribution is 0.214. The first-order valence-corrected chi connectivity index (χ1v) is 7.63. The predicted octanol–water partition coefficient (Wildman–Crippen LogP) is 4.14. The van der Waals surface area contributed by atoms with Gasteiger partial charge in [0.05, 0.1) is 11.4 Å². The van der Waals surface area contributed by atoms with Gasteiger partial charge in [0.1, 0.15) is 0 Å². The molecule has 1 aliphatic rings. The van der Waals surface area contributed by atoms with Crippen LogP contribution in [0.5, 0.6) is 0 Å². The molecule has 0 aromatic carbocycles. The fraction of sp³-hybridized carbons (Fsp3) is 0.812. The molecular weight excluding hydrogens is 234 g/mol. The zero-order chi connectivity index (χ0) is 14.0. The third-order valence-corrected chi connectivity index (χ3v) is 4.57. The number of rotatable bonds is 2. The van der Waals surface area contributed by atoms with Crippen molar-refractivity contribution in [3.05, 3.63) is 11.9 Å². The fourth-order valence-electron chi connectivity index (χ4n) is 3.27. The van der Waals surface area contributed by atoms with Gasteiger partial charge in [0, 0.05) is 19.3 Å². The Kier molecular flexibility index (Phi) is 4.22. The van der Waals surface area contributed by atoms with E-state index < -0.39 is 0 Å². The molecule has 0 radical (unpaired) electrons. The van der Waals surface area contributed by atoms with Crippen LogP contribution < -0.4 is 5.32 Å². The van der Waals surface area contributed by atoms with Gasteiger partial charge >= 0.3 is 0 Å². The molecule has 0 spiro atoms. The first-order chi connectivity index (χ1) is 8.86. The SMILES string of the molecule is Cc1nn(C)cc1NC1CCCC(C(C)(C)C)CC1. The fourth-order valence-corrected chi connectivity index (χ4v) is 3.27. The topological polar surface area (TPSA) is 29.9 Å². The lowest BCUT2D eigenvalue weighted by Gasteiger charge is -2.29. The first-order valence-electron chi connectivity index (χ1n) is 7.63. The van der Waals surface area contributed by atoms with Gasteiger partial charge in [-0.05, 0) is 43.9 Å². The van der Waals surface area contributed by atoms with E-state index in [1.807, 2.05) is 11.7 Å². The molecular formula is C16H29N3. The van der Waals surface area contributed by atoms with E-state index >= 15 is 0 Å². The molecule has 3 nitrogen and oxygen atoms in total. The van der Waals surface area contributed by atoms with Gasteiger partial charge in [-0.15, -0.1) is 0 Å². The lowest BCUT2D eigenvalue weighted by atomic mass is 9.76. The van der Waals surface area contributed by atoms with E-state index in [4.69, 9.17) is 0 Å². The molecule has 1 N–H and O–H groups in total. The van der Waals surface area contributed by atoms with E-state index in [0.717, 1.165) is 11.6 Å². The summed E-state index contributed by atoms with van der Waals surface area (Å²) < 4.78 is 1.90. The van der Waals surface area contributed by atoms with E-state index in [1.54, 1.807) is 0 Å². The molecule has 1 fully saturated rings. The van der Waals surface area contributed by atoms with Crippen molar-refractivity contribution in [2.24, 2.45) is 18.4 Å². The molecule has 1 aromatic heterocycles. The standard InChI is InChI=1S/C16H29N3/c1-12-15(11-19(5)18-12)17-14-8-6-7-13(9-10-14)16(2,3)4/h11,13-14,17H,6-10H2,1-5H3. The molecule has 2 rings (SSSR count). The van der Waals surface area contributed by atoms with Crippen LogP contribution >= 0.6 is 0 Å². The minimum Gasteiger partial charge on any atom is -0.380 e. The Bertz CT molecular complexity index is 414. The molecule has 1 heterocycles.